The molecule has 2 aliphatic rings. The van der Waals surface area contributed by atoms with Crippen molar-refractivity contribution in [1.82, 2.24) is 4.90 Å². The predicted octanol–water partition coefficient (Wildman–Crippen LogP) is 4.50. The number of ether oxygens (including phenoxy) is 1. The van der Waals surface area contributed by atoms with Crippen LogP contribution < -0.4 is 0 Å². The highest BCUT2D eigenvalue weighted by Crippen LogP contribution is 2.39. The smallest absolute Gasteiger partial charge is 0.396 e. The lowest BCUT2D eigenvalue weighted by Crippen LogP contribution is -2.41. The molecule has 2 atom stereocenters. The molecule has 2 rings (SSSR count). The van der Waals surface area contributed by atoms with Crippen LogP contribution in [0, 0.1) is 17.8 Å². The summed E-state index contributed by atoms with van der Waals surface area (Å²) in [6.45, 7) is 2.12. The highest BCUT2D eigenvalue weighted by molar-refractivity contribution is 6.55. The molecule has 28 heavy (non-hydrogen) atoms. The van der Waals surface area contributed by atoms with Crippen LogP contribution >= 0.6 is 23.2 Å². The monoisotopic (exact) mass is 441 g/mol. The number of esters is 1. The molecular weight excluding hydrogens is 422 g/mol. The van der Waals surface area contributed by atoms with E-state index in [2.05, 4.69) is 0 Å². The van der Waals surface area contributed by atoms with E-state index < -0.39 is 52.9 Å². The van der Waals surface area contributed by atoms with Crippen LogP contribution in [0.3, 0.4) is 0 Å². The quantitative estimate of drug-likeness (QED) is 0.449. The molecule has 0 radical (unpaired) electrons. The van der Waals surface area contributed by atoms with Gasteiger partial charge in [0.1, 0.15) is 4.49 Å². The Hall–Kier alpha value is -1.54. The van der Waals surface area contributed by atoms with Gasteiger partial charge >= 0.3 is 12.1 Å². The van der Waals surface area contributed by atoms with Crippen molar-refractivity contribution in [2.75, 3.05) is 6.73 Å². The third-order valence-electron chi connectivity index (χ3n) is 4.87. The Morgan fingerprint density at radius 3 is 2.04 bits per heavy atom. The first-order valence-electron chi connectivity index (χ1n) is 8.79. The van der Waals surface area contributed by atoms with Crippen LogP contribution in [0.2, 0.25) is 0 Å². The van der Waals surface area contributed by atoms with Crippen molar-refractivity contribution < 1.29 is 32.3 Å². The molecule has 0 aromatic rings. The zero-order chi connectivity index (χ0) is 21.2. The first-order chi connectivity index (χ1) is 12.9. The Morgan fingerprint density at radius 1 is 1.14 bits per heavy atom. The Bertz CT molecular complexity index is 699. The Morgan fingerprint density at radius 2 is 1.64 bits per heavy atom. The van der Waals surface area contributed by atoms with E-state index in [-0.39, 0.29) is 0 Å². The summed E-state index contributed by atoms with van der Waals surface area (Å²) in [4.78, 5) is 37.9. The summed E-state index contributed by atoms with van der Waals surface area (Å²) in [5, 5.41) is 0. The van der Waals surface area contributed by atoms with Gasteiger partial charge in [-0.2, -0.15) is 13.2 Å². The Kier molecular flexibility index (Phi) is 7.20. The molecule has 156 valence electrons. The molecule has 2 amide bonds. The summed E-state index contributed by atoms with van der Waals surface area (Å²) in [6, 6.07) is 0. The zero-order valence-corrected chi connectivity index (χ0v) is 16.8. The number of nitrogens with zero attached hydrogens (tertiary/aromatic N) is 1. The highest BCUT2D eigenvalue weighted by atomic mass is 35.5. The second-order valence-electron chi connectivity index (χ2n) is 7.09. The van der Waals surface area contributed by atoms with E-state index in [4.69, 9.17) is 27.9 Å². The fourth-order valence-electron chi connectivity index (χ4n) is 3.51. The second kappa shape index (κ2) is 8.86. The van der Waals surface area contributed by atoms with E-state index in [1.807, 2.05) is 0 Å². The summed E-state index contributed by atoms with van der Waals surface area (Å²) in [7, 11) is 0. The number of alkyl halides is 3. The zero-order valence-electron chi connectivity index (χ0n) is 15.3. The number of amides is 2. The minimum Gasteiger partial charge on any atom is -0.443 e. The largest absolute Gasteiger partial charge is 0.443 e. The van der Waals surface area contributed by atoms with Gasteiger partial charge < -0.3 is 4.74 Å². The molecular formula is C18H20Cl2F3NO4. The average molecular weight is 442 g/mol. The van der Waals surface area contributed by atoms with Crippen LogP contribution in [0.25, 0.3) is 0 Å². The van der Waals surface area contributed by atoms with Gasteiger partial charge in [0, 0.05) is 11.1 Å². The number of hydrogen-bond acceptors (Lipinski definition) is 4. The van der Waals surface area contributed by atoms with Crippen molar-refractivity contribution in [3.63, 3.8) is 0 Å². The molecule has 1 aliphatic carbocycles. The molecule has 1 heterocycles. The maximum absolute atomic E-state index is 13.4. The molecule has 0 saturated heterocycles. The van der Waals surface area contributed by atoms with Crippen LogP contribution in [-0.4, -0.2) is 35.6 Å². The summed E-state index contributed by atoms with van der Waals surface area (Å²) in [6.07, 6.45) is -1.76. The number of carbonyl (C=O) groups is 3. The SMILES string of the molecule is CC(C)C(C(=O)OCN1C(=O)C2=C(CCCC2)C1=O)C(C=C(Cl)Cl)C(F)(F)F. The minimum absolute atomic E-state index is 0.401. The third kappa shape index (κ3) is 4.89. The molecule has 0 spiro atoms. The van der Waals surface area contributed by atoms with Gasteiger partial charge in [0.05, 0.1) is 11.8 Å². The number of halogens is 5. The summed E-state index contributed by atoms with van der Waals surface area (Å²) >= 11 is 10.8. The molecule has 0 bridgehead atoms. The number of carbonyl (C=O) groups excluding carboxylic acids is 3. The van der Waals surface area contributed by atoms with Crippen molar-refractivity contribution in [3.8, 4) is 0 Å². The fraction of sp³-hybridized carbons (Fsp3) is 0.611. The van der Waals surface area contributed by atoms with Gasteiger partial charge in [-0.05, 0) is 37.7 Å². The van der Waals surface area contributed by atoms with Crippen molar-refractivity contribution in [2.45, 2.75) is 45.7 Å². The summed E-state index contributed by atoms with van der Waals surface area (Å²) in [5.41, 5.74) is 0.801. The Balaban J connectivity index is 2.14. The van der Waals surface area contributed by atoms with Gasteiger partial charge in [-0.3, -0.25) is 14.4 Å². The topological polar surface area (TPSA) is 63.7 Å². The lowest BCUT2D eigenvalue weighted by molar-refractivity contribution is -0.193. The van der Waals surface area contributed by atoms with Crippen molar-refractivity contribution >= 4 is 41.0 Å². The molecule has 0 N–H and O–H groups in total. The molecule has 5 nitrogen and oxygen atoms in total. The number of rotatable bonds is 6. The maximum atomic E-state index is 13.4. The molecule has 0 aromatic carbocycles. The van der Waals surface area contributed by atoms with E-state index in [1.165, 1.54) is 13.8 Å². The first-order valence-corrected chi connectivity index (χ1v) is 9.55. The van der Waals surface area contributed by atoms with Crippen molar-refractivity contribution in [1.29, 1.82) is 0 Å². The van der Waals surface area contributed by atoms with Gasteiger partial charge in [0.25, 0.3) is 11.8 Å². The maximum Gasteiger partial charge on any atom is 0.396 e. The van der Waals surface area contributed by atoms with Gasteiger partial charge in [0.2, 0.25) is 0 Å². The van der Waals surface area contributed by atoms with E-state index in [1.54, 1.807) is 0 Å². The second-order valence-corrected chi connectivity index (χ2v) is 8.10. The van der Waals surface area contributed by atoms with Crippen LogP contribution in [-0.2, 0) is 19.1 Å². The molecule has 0 saturated carbocycles. The van der Waals surface area contributed by atoms with Crippen LogP contribution in [0.15, 0.2) is 21.7 Å². The Labute approximate surface area is 170 Å². The van der Waals surface area contributed by atoms with Gasteiger partial charge in [-0.25, -0.2) is 4.90 Å². The summed E-state index contributed by atoms with van der Waals surface area (Å²) < 4.78 is 44.6. The normalized spacial score (nSPS) is 19.6. The van der Waals surface area contributed by atoms with Crippen molar-refractivity contribution in [3.05, 3.63) is 21.7 Å². The fourth-order valence-corrected chi connectivity index (χ4v) is 3.78. The first kappa shape index (κ1) is 22.7. The average Bonchev–Trinajstić information content (AvgIpc) is 2.82. The minimum atomic E-state index is -4.79. The molecule has 1 aliphatic heterocycles. The van der Waals surface area contributed by atoms with Gasteiger partial charge in [-0.1, -0.05) is 37.0 Å². The molecule has 10 heteroatoms. The standard InChI is InChI=1S/C18H20Cl2F3NO4/c1-9(2)14(12(7-13(19)20)18(21,22)23)17(27)28-8-24-15(25)10-5-3-4-6-11(10)16(24)26/h7,9,12,14H,3-6,8H2,1-2H3. The van der Waals surface area contributed by atoms with Crippen LogP contribution in [0.4, 0.5) is 13.2 Å². The third-order valence-corrected chi connectivity index (χ3v) is 5.12. The van der Waals surface area contributed by atoms with E-state index in [0.29, 0.717) is 30.1 Å². The predicted molar refractivity (Wildman–Crippen MR) is 96.0 cm³/mol. The molecule has 2 unspecified atom stereocenters. The lowest BCUT2D eigenvalue weighted by atomic mass is 9.83. The highest BCUT2D eigenvalue weighted by Gasteiger charge is 2.48. The van der Waals surface area contributed by atoms with E-state index in [0.717, 1.165) is 17.7 Å². The van der Waals surface area contributed by atoms with E-state index >= 15 is 0 Å². The molecule has 0 fully saturated rings. The van der Waals surface area contributed by atoms with Gasteiger partial charge in [0.15, 0.2) is 6.73 Å². The van der Waals surface area contributed by atoms with E-state index in [9.17, 15) is 27.6 Å². The summed E-state index contributed by atoms with van der Waals surface area (Å²) in [5.74, 6) is -6.95. The van der Waals surface area contributed by atoms with Crippen LogP contribution in [0.5, 0.6) is 0 Å². The number of allylic oxidation sites excluding steroid dienone is 1. The van der Waals surface area contributed by atoms with Crippen LogP contribution in [0.1, 0.15) is 39.5 Å². The van der Waals surface area contributed by atoms with Crippen molar-refractivity contribution in [2.24, 2.45) is 17.8 Å². The van der Waals surface area contributed by atoms with Gasteiger partial charge in [-0.15, -0.1) is 0 Å². The number of hydrogen-bond donors (Lipinski definition) is 0. The number of imide groups is 1. The lowest BCUT2D eigenvalue weighted by Gasteiger charge is -2.28. The molecule has 0 aromatic heterocycles.